The molecule has 0 atom stereocenters. The molecule has 0 saturated carbocycles. The van der Waals surface area contributed by atoms with Crippen LogP contribution in [0, 0.1) is 0 Å². The summed E-state index contributed by atoms with van der Waals surface area (Å²) in [5.41, 5.74) is -2.11. The Morgan fingerprint density at radius 2 is 1.68 bits per heavy atom. The highest BCUT2D eigenvalue weighted by molar-refractivity contribution is 6.06. The van der Waals surface area contributed by atoms with E-state index in [4.69, 9.17) is 13.9 Å². The lowest BCUT2D eigenvalue weighted by Crippen LogP contribution is -2.41. The second-order valence-electron chi connectivity index (χ2n) is 9.52. The first-order chi connectivity index (χ1) is 17.3. The molecule has 0 N–H and O–H groups in total. The molecule has 2 heterocycles. The number of hydrogen-bond donors (Lipinski definition) is 0. The predicted octanol–water partition coefficient (Wildman–Crippen LogP) is 4.78. The number of nitrogens with zero attached hydrogens (tertiary/aromatic N) is 2. The number of carbonyl (C=O) groups excluding carboxylic acids is 2. The molecule has 1 aromatic carbocycles. The third-order valence-electron chi connectivity index (χ3n) is 6.54. The summed E-state index contributed by atoms with van der Waals surface area (Å²) in [6.45, 7) is 7.53. The number of hydrogen-bond acceptors (Lipinski definition) is 6. The maximum Gasteiger partial charge on any atom is 0.417 e. The van der Waals surface area contributed by atoms with E-state index in [1.165, 1.54) is 11.0 Å². The molecule has 0 unspecified atom stereocenters. The molecule has 0 radical (unpaired) electrons. The van der Waals surface area contributed by atoms with Gasteiger partial charge < -0.3 is 18.8 Å². The summed E-state index contributed by atoms with van der Waals surface area (Å²) in [6, 6.07) is 1.49. The fourth-order valence-corrected chi connectivity index (χ4v) is 4.39. The molecule has 1 saturated heterocycles. The number of likely N-dealkylation sites (N-methyl/N-ethyl adjacent to an activating group) is 1. The molecule has 3 amide bonds. The Morgan fingerprint density at radius 1 is 1.00 bits per heavy atom. The number of ether oxygens (including phenoxy) is 2. The summed E-state index contributed by atoms with van der Waals surface area (Å²) in [4.78, 5) is 39.3. The van der Waals surface area contributed by atoms with E-state index in [9.17, 15) is 27.6 Å². The first kappa shape index (κ1) is 28.5. The normalized spacial score (nSPS) is 15.8. The molecule has 0 bridgehead atoms. The topological polar surface area (TPSA) is 89.3 Å². The van der Waals surface area contributed by atoms with Crippen LogP contribution in [0.4, 0.5) is 18.0 Å². The lowest BCUT2D eigenvalue weighted by molar-refractivity contribution is -0.136. The zero-order valence-electron chi connectivity index (χ0n) is 21.8. The highest BCUT2D eigenvalue weighted by Crippen LogP contribution is 2.40. The number of fused-ring (bicyclic) bond motifs is 1. The molecule has 8 nitrogen and oxygen atoms in total. The predicted molar refractivity (Wildman–Crippen MR) is 131 cm³/mol. The van der Waals surface area contributed by atoms with E-state index >= 15 is 0 Å². The third-order valence-corrected chi connectivity index (χ3v) is 6.54. The van der Waals surface area contributed by atoms with Crippen LogP contribution in [0.5, 0.6) is 5.75 Å². The number of carbonyl (C=O) groups is 2. The minimum Gasteiger partial charge on any atom is -0.490 e. The molecule has 11 heteroatoms. The van der Waals surface area contributed by atoms with Crippen molar-refractivity contribution in [1.29, 1.82) is 0 Å². The number of amides is 3. The fourth-order valence-electron chi connectivity index (χ4n) is 4.39. The average Bonchev–Trinajstić information content (AvgIpc) is 2.96. The van der Waals surface area contributed by atoms with Crippen molar-refractivity contribution in [3.05, 3.63) is 39.2 Å². The van der Waals surface area contributed by atoms with Gasteiger partial charge in [-0.15, -0.1) is 0 Å². The van der Waals surface area contributed by atoms with E-state index in [1.807, 2.05) is 13.8 Å². The molecular formula is C26H33F3N2O6. The minimum absolute atomic E-state index is 0.0788. The van der Waals surface area contributed by atoms with Crippen molar-refractivity contribution in [3.63, 3.8) is 0 Å². The van der Waals surface area contributed by atoms with Gasteiger partial charge >= 0.3 is 17.8 Å². The zero-order valence-corrected chi connectivity index (χ0v) is 21.8. The summed E-state index contributed by atoms with van der Waals surface area (Å²) < 4.78 is 57.9. The standard InChI is InChI=1S/C26H33F3N2O6/c1-6-8-16-14-18-19(26(27,28)29)15-20(32)37-22(18)17(9-7-2)21(16)36-13-12-35-11-10-31-23(33)25(3,4)30(5)24(31)34/h14-15H,6-13H2,1-5H3. The zero-order chi connectivity index (χ0) is 27.5. The molecule has 0 spiro atoms. The molecule has 204 valence electrons. The van der Waals surface area contributed by atoms with E-state index in [1.54, 1.807) is 20.9 Å². The van der Waals surface area contributed by atoms with E-state index in [2.05, 4.69) is 0 Å². The van der Waals surface area contributed by atoms with Gasteiger partial charge in [0.15, 0.2) is 0 Å². The Kier molecular flexibility index (Phi) is 8.56. The molecule has 3 rings (SSSR count). The van der Waals surface area contributed by atoms with Gasteiger partial charge in [-0.3, -0.25) is 9.69 Å². The molecule has 1 aliphatic heterocycles. The molecular weight excluding hydrogens is 493 g/mol. The summed E-state index contributed by atoms with van der Waals surface area (Å²) in [5, 5.41) is -0.157. The van der Waals surface area contributed by atoms with Crippen molar-refractivity contribution in [2.45, 2.75) is 65.1 Å². The maximum absolute atomic E-state index is 13.7. The molecule has 0 aliphatic carbocycles. The first-order valence-corrected chi connectivity index (χ1v) is 12.3. The van der Waals surface area contributed by atoms with E-state index < -0.39 is 22.9 Å². The monoisotopic (exact) mass is 526 g/mol. The number of benzene rings is 1. The van der Waals surface area contributed by atoms with Gasteiger partial charge in [0, 0.05) is 24.1 Å². The Bertz CT molecular complexity index is 1220. The molecule has 37 heavy (non-hydrogen) atoms. The molecule has 1 fully saturated rings. The van der Waals surface area contributed by atoms with Gasteiger partial charge in [-0.25, -0.2) is 9.59 Å². The van der Waals surface area contributed by atoms with Crippen molar-refractivity contribution in [3.8, 4) is 5.75 Å². The van der Waals surface area contributed by atoms with Crippen molar-refractivity contribution in [1.82, 2.24) is 9.80 Å². The quantitative estimate of drug-likeness (QED) is 0.238. The van der Waals surface area contributed by atoms with Gasteiger partial charge in [0.25, 0.3) is 5.91 Å². The Balaban J connectivity index is 1.77. The van der Waals surface area contributed by atoms with E-state index in [-0.39, 0.29) is 49.3 Å². The summed E-state index contributed by atoms with van der Waals surface area (Å²) in [7, 11) is 1.57. The van der Waals surface area contributed by atoms with Crippen LogP contribution in [0.1, 0.15) is 57.2 Å². The van der Waals surface area contributed by atoms with Crippen LogP contribution >= 0.6 is 0 Å². The van der Waals surface area contributed by atoms with Gasteiger partial charge in [0.1, 0.15) is 23.5 Å². The number of urea groups is 1. The third kappa shape index (κ3) is 5.76. The van der Waals surface area contributed by atoms with Crippen LogP contribution < -0.4 is 10.4 Å². The average molecular weight is 527 g/mol. The molecule has 1 aliphatic rings. The number of aryl methyl sites for hydroxylation is 2. The largest absolute Gasteiger partial charge is 0.490 e. The Hall–Kier alpha value is -3.08. The van der Waals surface area contributed by atoms with Crippen LogP contribution in [0.3, 0.4) is 0 Å². The summed E-state index contributed by atoms with van der Waals surface area (Å²) >= 11 is 0. The molecule has 2 aromatic rings. The van der Waals surface area contributed by atoms with Crippen molar-refractivity contribution >= 4 is 22.9 Å². The lowest BCUT2D eigenvalue weighted by Gasteiger charge is -2.22. The highest BCUT2D eigenvalue weighted by Gasteiger charge is 2.48. The van der Waals surface area contributed by atoms with Crippen LogP contribution in [0.2, 0.25) is 0 Å². The van der Waals surface area contributed by atoms with Crippen LogP contribution in [-0.4, -0.2) is 60.7 Å². The summed E-state index contributed by atoms with van der Waals surface area (Å²) in [6.07, 6.45) is -2.61. The van der Waals surface area contributed by atoms with Crippen molar-refractivity contribution in [2.24, 2.45) is 0 Å². The minimum atomic E-state index is -4.71. The van der Waals surface area contributed by atoms with Crippen LogP contribution in [-0.2, 0) is 28.5 Å². The fraction of sp³-hybridized carbons (Fsp3) is 0.577. The smallest absolute Gasteiger partial charge is 0.417 e. The van der Waals surface area contributed by atoms with E-state index in [0.29, 0.717) is 48.6 Å². The second kappa shape index (κ2) is 11.1. The van der Waals surface area contributed by atoms with Gasteiger partial charge in [0.05, 0.1) is 25.3 Å². The van der Waals surface area contributed by atoms with Gasteiger partial charge in [0.2, 0.25) is 0 Å². The van der Waals surface area contributed by atoms with Crippen molar-refractivity contribution in [2.75, 3.05) is 33.4 Å². The Morgan fingerprint density at radius 3 is 2.24 bits per heavy atom. The van der Waals surface area contributed by atoms with Crippen LogP contribution in [0.15, 0.2) is 21.3 Å². The SMILES string of the molecule is CCCc1cc2c(C(F)(F)F)cc(=O)oc2c(CCC)c1OCCOCCN1C(=O)N(C)C(C)(C)C1=O. The van der Waals surface area contributed by atoms with E-state index in [0.717, 1.165) is 4.90 Å². The number of imide groups is 1. The molecule has 1 aromatic heterocycles. The Labute approximate surface area is 213 Å². The van der Waals surface area contributed by atoms with Gasteiger partial charge in [-0.05, 0) is 38.3 Å². The lowest BCUT2D eigenvalue weighted by atomic mass is 9.96. The maximum atomic E-state index is 13.7. The van der Waals surface area contributed by atoms with Crippen LogP contribution in [0.25, 0.3) is 11.0 Å². The van der Waals surface area contributed by atoms with Gasteiger partial charge in [-0.1, -0.05) is 26.7 Å². The number of alkyl halides is 3. The highest BCUT2D eigenvalue weighted by atomic mass is 19.4. The van der Waals surface area contributed by atoms with Gasteiger partial charge in [-0.2, -0.15) is 13.2 Å². The summed E-state index contributed by atoms with van der Waals surface area (Å²) in [5.74, 6) is 0.0969. The second-order valence-corrected chi connectivity index (χ2v) is 9.52. The number of rotatable bonds is 11. The van der Waals surface area contributed by atoms with Crippen molar-refractivity contribution < 1.29 is 36.7 Å². The first-order valence-electron chi connectivity index (χ1n) is 12.3. The number of halogens is 3.